The van der Waals surface area contributed by atoms with Gasteiger partial charge < -0.3 is 19.8 Å². The van der Waals surface area contributed by atoms with Gasteiger partial charge in [-0.25, -0.2) is 4.98 Å². The van der Waals surface area contributed by atoms with Crippen molar-refractivity contribution in [1.82, 2.24) is 24.8 Å². The van der Waals surface area contributed by atoms with Crippen LogP contribution in [0.2, 0.25) is 0 Å². The molecule has 4 rings (SSSR count). The maximum absolute atomic E-state index is 13.6. The summed E-state index contributed by atoms with van der Waals surface area (Å²) in [6, 6.07) is 7.75. The van der Waals surface area contributed by atoms with E-state index in [9.17, 15) is 14.4 Å². The number of imidazole rings is 1. The van der Waals surface area contributed by atoms with Gasteiger partial charge in [-0.3, -0.25) is 14.4 Å². The molecule has 2 N–H and O–H groups in total. The molecule has 1 atom stereocenters. The van der Waals surface area contributed by atoms with E-state index in [1.54, 1.807) is 21.9 Å². The molecule has 2 amide bonds. The number of hydrogen-bond donors (Lipinski definition) is 2. The van der Waals surface area contributed by atoms with Crippen LogP contribution in [0.3, 0.4) is 0 Å². The van der Waals surface area contributed by atoms with Gasteiger partial charge in [0, 0.05) is 44.0 Å². The number of fused-ring (bicyclic) bond motifs is 1. The first-order valence-electron chi connectivity index (χ1n) is 12.0. The van der Waals surface area contributed by atoms with Crippen LogP contribution in [0, 0.1) is 5.92 Å². The van der Waals surface area contributed by atoms with Crippen LogP contribution in [-0.2, 0) is 6.54 Å². The first kappa shape index (κ1) is 23.7. The lowest BCUT2D eigenvalue weighted by molar-refractivity contribution is 0.0702. The second-order valence-electron chi connectivity index (χ2n) is 9.86. The van der Waals surface area contributed by atoms with Crippen LogP contribution in [0.4, 0.5) is 0 Å². The summed E-state index contributed by atoms with van der Waals surface area (Å²) in [5.74, 6) is 0.434. The predicted octanol–water partition coefficient (Wildman–Crippen LogP) is 3.54. The Bertz CT molecular complexity index is 1220. The Morgan fingerprint density at radius 3 is 2.59 bits per heavy atom. The molecular formula is C26H33N5O3. The Hall–Kier alpha value is -3.42. The topological polar surface area (TPSA) is 100 Å². The minimum absolute atomic E-state index is 0.00560. The average Bonchev–Trinajstić information content (AvgIpc) is 3.23. The Morgan fingerprint density at radius 1 is 1.15 bits per heavy atom. The minimum Gasteiger partial charge on any atom is -0.352 e. The lowest BCUT2D eigenvalue weighted by atomic mass is 9.96. The standard InChI is InChI=1S/C26H33N5O3/c1-16(2)12-30-14-19(25(33)27-17(3)4)23(32)20(15-30)26(34)31-11-7-8-18(13-31)24-28-21-9-5-6-10-22(21)29-24/h5-6,9-10,14-18H,7-8,11-13H2,1-4H3,(H,27,33)(H,28,29). The van der Waals surface area contributed by atoms with Crippen LogP contribution in [0.25, 0.3) is 11.0 Å². The molecule has 2 aromatic heterocycles. The average molecular weight is 464 g/mol. The highest BCUT2D eigenvalue weighted by molar-refractivity contribution is 5.99. The third kappa shape index (κ3) is 5.05. The number of pyridine rings is 1. The van der Waals surface area contributed by atoms with E-state index >= 15 is 0 Å². The first-order chi connectivity index (χ1) is 16.2. The highest BCUT2D eigenvalue weighted by atomic mass is 16.2. The lowest BCUT2D eigenvalue weighted by Crippen LogP contribution is -2.43. The van der Waals surface area contributed by atoms with Crippen molar-refractivity contribution >= 4 is 22.8 Å². The van der Waals surface area contributed by atoms with Gasteiger partial charge in [-0.05, 0) is 44.7 Å². The number of benzene rings is 1. The smallest absolute Gasteiger partial charge is 0.259 e. The number of rotatable bonds is 6. The third-order valence-corrected chi connectivity index (χ3v) is 6.05. The molecule has 3 heterocycles. The Kier molecular flexibility index (Phi) is 6.86. The Balaban J connectivity index is 1.63. The van der Waals surface area contributed by atoms with E-state index in [-0.39, 0.29) is 29.0 Å². The summed E-state index contributed by atoms with van der Waals surface area (Å²) in [6.45, 7) is 9.43. The zero-order valence-electron chi connectivity index (χ0n) is 20.3. The summed E-state index contributed by atoms with van der Waals surface area (Å²) >= 11 is 0. The molecule has 0 aliphatic carbocycles. The van der Waals surface area contributed by atoms with Crippen LogP contribution in [0.15, 0.2) is 41.5 Å². The zero-order valence-corrected chi connectivity index (χ0v) is 20.3. The fourth-order valence-electron chi connectivity index (χ4n) is 4.53. The normalized spacial score (nSPS) is 16.4. The molecule has 0 radical (unpaired) electrons. The van der Waals surface area contributed by atoms with Crippen molar-refractivity contribution in [3.63, 3.8) is 0 Å². The van der Waals surface area contributed by atoms with Gasteiger partial charge in [0.2, 0.25) is 5.43 Å². The van der Waals surface area contributed by atoms with E-state index in [0.29, 0.717) is 25.6 Å². The number of nitrogens with one attached hydrogen (secondary N) is 2. The molecule has 34 heavy (non-hydrogen) atoms. The van der Waals surface area contributed by atoms with Gasteiger partial charge in [0.15, 0.2) is 0 Å². The van der Waals surface area contributed by atoms with Crippen LogP contribution in [0.1, 0.15) is 73.0 Å². The fraction of sp³-hybridized carbons (Fsp3) is 0.462. The van der Waals surface area contributed by atoms with Crippen molar-refractivity contribution in [1.29, 1.82) is 0 Å². The number of para-hydroxylation sites is 2. The number of piperidine rings is 1. The largest absolute Gasteiger partial charge is 0.352 e. The number of nitrogens with zero attached hydrogens (tertiary/aromatic N) is 3. The second kappa shape index (κ2) is 9.83. The molecule has 180 valence electrons. The molecule has 0 spiro atoms. The van der Waals surface area contributed by atoms with Gasteiger partial charge in [-0.2, -0.15) is 0 Å². The summed E-state index contributed by atoms with van der Waals surface area (Å²) in [4.78, 5) is 49.3. The highest BCUT2D eigenvalue weighted by Crippen LogP contribution is 2.27. The van der Waals surface area contributed by atoms with E-state index in [1.807, 2.05) is 38.1 Å². The number of aromatic nitrogens is 3. The van der Waals surface area contributed by atoms with Crippen molar-refractivity contribution in [3.05, 3.63) is 63.8 Å². The fourth-order valence-corrected chi connectivity index (χ4v) is 4.53. The summed E-state index contributed by atoms with van der Waals surface area (Å²) in [7, 11) is 0. The summed E-state index contributed by atoms with van der Waals surface area (Å²) in [5.41, 5.74) is 1.41. The predicted molar refractivity (Wildman–Crippen MR) is 132 cm³/mol. The summed E-state index contributed by atoms with van der Waals surface area (Å²) < 4.78 is 1.79. The molecular weight excluding hydrogens is 430 g/mol. The Morgan fingerprint density at radius 2 is 1.88 bits per heavy atom. The van der Waals surface area contributed by atoms with Crippen LogP contribution < -0.4 is 10.7 Å². The number of likely N-dealkylation sites (tertiary alicyclic amines) is 1. The molecule has 3 aromatic rings. The maximum Gasteiger partial charge on any atom is 0.259 e. The van der Waals surface area contributed by atoms with Gasteiger partial charge in [-0.1, -0.05) is 26.0 Å². The molecule has 0 saturated carbocycles. The van der Waals surface area contributed by atoms with Crippen molar-refractivity contribution in [3.8, 4) is 0 Å². The second-order valence-corrected chi connectivity index (χ2v) is 9.86. The van der Waals surface area contributed by atoms with E-state index in [0.717, 1.165) is 29.7 Å². The molecule has 0 bridgehead atoms. The van der Waals surface area contributed by atoms with Gasteiger partial charge in [-0.15, -0.1) is 0 Å². The zero-order chi connectivity index (χ0) is 24.4. The van der Waals surface area contributed by atoms with Gasteiger partial charge in [0.05, 0.1) is 11.0 Å². The Labute approximate surface area is 199 Å². The van der Waals surface area contributed by atoms with Gasteiger partial charge in [0.1, 0.15) is 17.0 Å². The summed E-state index contributed by atoms with van der Waals surface area (Å²) in [6.07, 6.45) is 4.89. The van der Waals surface area contributed by atoms with Crippen molar-refractivity contribution in [2.24, 2.45) is 5.92 Å². The number of carbonyl (C=O) groups excluding carboxylic acids is 2. The molecule has 1 unspecified atom stereocenters. The van der Waals surface area contributed by atoms with Crippen LogP contribution in [0.5, 0.6) is 0 Å². The number of aromatic amines is 1. The maximum atomic E-state index is 13.6. The molecule has 8 nitrogen and oxygen atoms in total. The van der Waals surface area contributed by atoms with Crippen molar-refractivity contribution < 1.29 is 9.59 Å². The molecule has 1 fully saturated rings. The molecule has 1 aliphatic heterocycles. The van der Waals surface area contributed by atoms with Crippen LogP contribution >= 0.6 is 0 Å². The van der Waals surface area contributed by atoms with Crippen molar-refractivity contribution in [2.75, 3.05) is 13.1 Å². The van der Waals surface area contributed by atoms with E-state index < -0.39 is 11.3 Å². The van der Waals surface area contributed by atoms with Gasteiger partial charge >= 0.3 is 0 Å². The molecule has 8 heteroatoms. The lowest BCUT2D eigenvalue weighted by Gasteiger charge is -2.32. The SMILES string of the molecule is CC(C)Cn1cc(C(=O)NC(C)C)c(=O)c(C(=O)N2CCCC(c3nc4ccccc4[nH]3)C2)c1. The third-order valence-electron chi connectivity index (χ3n) is 6.05. The van der Waals surface area contributed by atoms with E-state index in [1.165, 1.54) is 0 Å². The minimum atomic E-state index is -0.519. The number of hydrogen-bond acceptors (Lipinski definition) is 4. The summed E-state index contributed by atoms with van der Waals surface area (Å²) in [5, 5.41) is 2.78. The number of carbonyl (C=O) groups is 2. The number of H-pyrrole nitrogens is 1. The van der Waals surface area contributed by atoms with E-state index in [2.05, 4.69) is 24.1 Å². The number of amides is 2. The van der Waals surface area contributed by atoms with Crippen LogP contribution in [-0.4, -0.2) is 50.4 Å². The monoisotopic (exact) mass is 463 g/mol. The van der Waals surface area contributed by atoms with E-state index in [4.69, 9.17) is 4.98 Å². The van der Waals surface area contributed by atoms with Crippen molar-refractivity contribution in [2.45, 2.75) is 59.0 Å². The molecule has 1 saturated heterocycles. The first-order valence-corrected chi connectivity index (χ1v) is 12.0. The van der Waals surface area contributed by atoms with Gasteiger partial charge in [0.25, 0.3) is 11.8 Å². The quantitative estimate of drug-likeness (QED) is 0.584. The molecule has 1 aromatic carbocycles. The molecule has 1 aliphatic rings. The highest BCUT2D eigenvalue weighted by Gasteiger charge is 2.30.